The largest absolute Gasteiger partial charge is 0.305 e. The van der Waals surface area contributed by atoms with Gasteiger partial charge in [0.1, 0.15) is 0 Å². The van der Waals surface area contributed by atoms with E-state index >= 15 is 0 Å². The Morgan fingerprint density at radius 3 is 2.76 bits per heavy atom. The van der Waals surface area contributed by atoms with Crippen LogP contribution < -0.4 is 5.32 Å². The highest BCUT2D eigenvalue weighted by Crippen LogP contribution is 2.37. The fourth-order valence-electron chi connectivity index (χ4n) is 3.14. The summed E-state index contributed by atoms with van der Waals surface area (Å²) in [4.78, 5) is 1.47. The highest BCUT2D eigenvalue weighted by Gasteiger charge is 2.26. The molecule has 0 radical (unpaired) electrons. The van der Waals surface area contributed by atoms with Crippen LogP contribution in [0, 0.1) is 5.92 Å². The van der Waals surface area contributed by atoms with Gasteiger partial charge in [0, 0.05) is 21.9 Å². The predicted molar refractivity (Wildman–Crippen MR) is 95.0 cm³/mol. The second kappa shape index (κ2) is 7.28. The summed E-state index contributed by atoms with van der Waals surface area (Å²) in [6.07, 6.45) is 5.45. The van der Waals surface area contributed by atoms with Crippen LogP contribution in [0.5, 0.6) is 0 Å². The third kappa shape index (κ3) is 3.89. The zero-order chi connectivity index (χ0) is 14.7. The molecule has 0 aliphatic heterocycles. The molecule has 0 spiro atoms. The molecule has 3 rings (SSSR count). The third-order valence-electron chi connectivity index (χ3n) is 4.23. The van der Waals surface area contributed by atoms with Crippen LogP contribution in [0.3, 0.4) is 0 Å². The van der Waals surface area contributed by atoms with Gasteiger partial charge in [-0.05, 0) is 63.8 Å². The van der Waals surface area contributed by atoms with Crippen LogP contribution in [0.2, 0.25) is 5.02 Å². The molecule has 1 saturated carbocycles. The summed E-state index contributed by atoms with van der Waals surface area (Å²) in [5.74, 6) is 0.777. The molecule has 1 heterocycles. The molecule has 1 unspecified atom stereocenters. The molecule has 1 N–H and O–H groups in total. The maximum absolute atomic E-state index is 6.06. The molecule has 1 fully saturated rings. The summed E-state index contributed by atoms with van der Waals surface area (Å²) < 4.78 is 0.969. The van der Waals surface area contributed by atoms with Crippen LogP contribution in [0.15, 0.2) is 40.2 Å². The van der Waals surface area contributed by atoms with Gasteiger partial charge in [0.25, 0.3) is 0 Å². The average Bonchev–Trinajstić information content (AvgIpc) is 3.16. The Morgan fingerprint density at radius 2 is 2.10 bits per heavy atom. The summed E-state index contributed by atoms with van der Waals surface area (Å²) in [5, 5.41) is 6.72. The highest BCUT2D eigenvalue weighted by atomic mass is 79.9. The van der Waals surface area contributed by atoms with E-state index in [1.165, 1.54) is 36.1 Å². The number of benzene rings is 1. The van der Waals surface area contributed by atoms with Crippen molar-refractivity contribution in [3.05, 3.63) is 55.6 Å². The monoisotopic (exact) mass is 383 g/mol. The van der Waals surface area contributed by atoms with Crippen molar-refractivity contribution >= 4 is 38.9 Å². The van der Waals surface area contributed by atoms with Gasteiger partial charge in [-0.1, -0.05) is 36.6 Å². The van der Waals surface area contributed by atoms with E-state index in [9.17, 15) is 0 Å². The van der Waals surface area contributed by atoms with Crippen LogP contribution >= 0.6 is 38.9 Å². The van der Waals surface area contributed by atoms with Gasteiger partial charge in [-0.3, -0.25) is 0 Å². The molecule has 1 aliphatic carbocycles. The van der Waals surface area contributed by atoms with Crippen LogP contribution in [0.4, 0.5) is 0 Å². The molecule has 1 nitrogen and oxygen atoms in total. The van der Waals surface area contributed by atoms with E-state index in [0.29, 0.717) is 6.04 Å². The van der Waals surface area contributed by atoms with Gasteiger partial charge in [-0.25, -0.2) is 0 Å². The zero-order valence-electron chi connectivity index (χ0n) is 11.8. The highest BCUT2D eigenvalue weighted by molar-refractivity contribution is 9.10. The zero-order valence-corrected chi connectivity index (χ0v) is 15.0. The summed E-state index contributed by atoms with van der Waals surface area (Å²) in [6.45, 7) is 0.884. The van der Waals surface area contributed by atoms with Gasteiger partial charge in [-0.15, -0.1) is 11.3 Å². The van der Waals surface area contributed by atoms with Crippen molar-refractivity contribution < 1.29 is 0 Å². The lowest BCUT2D eigenvalue weighted by molar-refractivity contribution is 0.371. The number of thiophene rings is 1. The van der Waals surface area contributed by atoms with E-state index in [0.717, 1.165) is 22.0 Å². The Balaban J connectivity index is 1.71. The number of hydrogen-bond donors (Lipinski definition) is 1. The lowest BCUT2D eigenvalue weighted by Crippen LogP contribution is -2.26. The molecule has 1 aromatic carbocycles. The molecule has 0 amide bonds. The summed E-state index contributed by atoms with van der Waals surface area (Å²) >= 11 is 11.4. The SMILES string of the molecule is Clc1ccc(CNC(c2cccs2)C2CCCC2)cc1Br. The first kappa shape index (κ1) is 15.5. The van der Waals surface area contributed by atoms with Crippen molar-refractivity contribution in [2.75, 3.05) is 0 Å². The van der Waals surface area contributed by atoms with Gasteiger partial charge >= 0.3 is 0 Å². The van der Waals surface area contributed by atoms with Gasteiger partial charge in [0.15, 0.2) is 0 Å². The topological polar surface area (TPSA) is 12.0 Å². The Morgan fingerprint density at radius 1 is 1.29 bits per heavy atom. The quantitative estimate of drug-likeness (QED) is 0.648. The van der Waals surface area contributed by atoms with Gasteiger partial charge in [-0.2, -0.15) is 0 Å². The van der Waals surface area contributed by atoms with Crippen LogP contribution in [0.1, 0.15) is 42.2 Å². The maximum Gasteiger partial charge on any atom is 0.0548 e. The Bertz CT molecular complexity index is 578. The lowest BCUT2D eigenvalue weighted by atomic mass is 9.96. The molecular formula is C17H19BrClNS. The van der Waals surface area contributed by atoms with E-state index in [1.807, 2.05) is 17.4 Å². The van der Waals surface area contributed by atoms with Crippen LogP contribution in [-0.4, -0.2) is 0 Å². The van der Waals surface area contributed by atoms with Crippen molar-refractivity contribution in [3.63, 3.8) is 0 Å². The van der Waals surface area contributed by atoms with Crippen LogP contribution in [-0.2, 0) is 6.54 Å². The molecule has 1 aromatic heterocycles. The van der Waals surface area contributed by atoms with Gasteiger partial charge in [0.05, 0.1) is 5.02 Å². The van der Waals surface area contributed by atoms with Crippen molar-refractivity contribution in [3.8, 4) is 0 Å². The minimum Gasteiger partial charge on any atom is -0.305 e. The van der Waals surface area contributed by atoms with Gasteiger partial charge in [0.2, 0.25) is 0 Å². The van der Waals surface area contributed by atoms with E-state index in [1.54, 1.807) is 0 Å². The second-order valence-corrected chi connectivity index (χ2v) is 7.91. The van der Waals surface area contributed by atoms with E-state index < -0.39 is 0 Å². The average molecular weight is 385 g/mol. The van der Waals surface area contributed by atoms with Crippen LogP contribution in [0.25, 0.3) is 0 Å². The smallest absolute Gasteiger partial charge is 0.0548 e. The molecule has 112 valence electrons. The maximum atomic E-state index is 6.06. The first-order valence-electron chi connectivity index (χ1n) is 7.45. The van der Waals surface area contributed by atoms with Crippen molar-refractivity contribution in [2.45, 2.75) is 38.3 Å². The molecule has 4 heteroatoms. The van der Waals surface area contributed by atoms with E-state index in [-0.39, 0.29) is 0 Å². The molecule has 1 aliphatic rings. The second-order valence-electron chi connectivity index (χ2n) is 5.67. The number of rotatable bonds is 5. The summed E-state index contributed by atoms with van der Waals surface area (Å²) in [6, 6.07) is 11.1. The molecule has 0 bridgehead atoms. The molecular weight excluding hydrogens is 366 g/mol. The van der Waals surface area contributed by atoms with Crippen molar-refractivity contribution in [2.24, 2.45) is 5.92 Å². The number of halogens is 2. The Kier molecular flexibility index (Phi) is 5.38. The normalized spacial score (nSPS) is 17.2. The summed E-state index contributed by atoms with van der Waals surface area (Å²) in [7, 11) is 0. The molecule has 2 aromatic rings. The molecule has 0 saturated heterocycles. The predicted octanol–water partition coefficient (Wildman–Crippen LogP) is 6.19. The molecule has 21 heavy (non-hydrogen) atoms. The van der Waals surface area contributed by atoms with E-state index in [2.05, 4.69) is 50.9 Å². The first-order chi connectivity index (χ1) is 10.2. The lowest BCUT2D eigenvalue weighted by Gasteiger charge is -2.24. The fourth-order valence-corrected chi connectivity index (χ4v) is 4.57. The van der Waals surface area contributed by atoms with Crippen molar-refractivity contribution in [1.82, 2.24) is 5.32 Å². The Hall–Kier alpha value is -0.350. The minimum atomic E-state index is 0.488. The molecule has 1 atom stereocenters. The standard InChI is InChI=1S/C17H19BrClNS/c18-14-10-12(7-8-15(14)19)11-20-17(13-4-1-2-5-13)16-6-3-9-21-16/h3,6-10,13,17,20H,1-2,4-5,11H2. The van der Waals surface area contributed by atoms with Gasteiger partial charge < -0.3 is 5.32 Å². The van der Waals surface area contributed by atoms with E-state index in [4.69, 9.17) is 11.6 Å². The third-order valence-corrected chi connectivity index (χ3v) is 6.40. The first-order valence-corrected chi connectivity index (χ1v) is 9.50. The Labute approximate surface area is 143 Å². The summed E-state index contributed by atoms with van der Waals surface area (Å²) in [5.41, 5.74) is 1.27. The number of hydrogen-bond acceptors (Lipinski definition) is 2. The minimum absolute atomic E-state index is 0.488. The van der Waals surface area contributed by atoms with Crippen molar-refractivity contribution in [1.29, 1.82) is 0 Å². The number of nitrogens with one attached hydrogen (secondary N) is 1. The fraction of sp³-hybridized carbons (Fsp3) is 0.412.